The number of rotatable bonds is 4. The number of hydrogen-bond donors (Lipinski definition) is 1. The summed E-state index contributed by atoms with van der Waals surface area (Å²) in [4.78, 5) is 21.3. The van der Waals surface area contributed by atoms with E-state index in [1.54, 1.807) is 6.20 Å². The molecule has 2 aliphatic rings. The van der Waals surface area contributed by atoms with E-state index in [2.05, 4.69) is 32.9 Å². The van der Waals surface area contributed by atoms with Gasteiger partial charge in [-0.1, -0.05) is 5.92 Å². The number of amides is 1. The van der Waals surface area contributed by atoms with E-state index in [4.69, 9.17) is 6.42 Å². The molecule has 1 amide bonds. The topological polar surface area (TPSA) is 48.5 Å². The number of pyridine rings is 1. The minimum Gasteiger partial charge on any atom is -0.357 e. The molecule has 0 spiro atoms. The minimum absolute atomic E-state index is 0.172. The van der Waals surface area contributed by atoms with Crippen molar-refractivity contribution in [2.75, 3.05) is 31.1 Å². The molecule has 0 aliphatic carbocycles. The van der Waals surface area contributed by atoms with Crippen molar-refractivity contribution < 1.29 is 4.79 Å². The molecular weight excluding hydrogens is 300 g/mol. The fourth-order valence-corrected chi connectivity index (χ4v) is 3.87. The molecule has 1 atom stereocenters. The lowest BCUT2D eigenvalue weighted by Crippen LogP contribution is -2.46. The van der Waals surface area contributed by atoms with E-state index < -0.39 is 0 Å². The molecule has 1 unspecified atom stereocenters. The molecule has 5 nitrogen and oxygen atoms in total. The largest absolute Gasteiger partial charge is 0.357 e. The van der Waals surface area contributed by atoms with Crippen LogP contribution in [0.4, 0.5) is 5.82 Å². The number of aromatic nitrogens is 1. The Bertz CT molecular complexity index is 599. The summed E-state index contributed by atoms with van der Waals surface area (Å²) >= 11 is 0. The highest BCUT2D eigenvalue weighted by Crippen LogP contribution is 2.27. The first-order valence-electron chi connectivity index (χ1n) is 8.87. The van der Waals surface area contributed by atoms with Crippen LogP contribution in [0.3, 0.4) is 0 Å². The van der Waals surface area contributed by atoms with Gasteiger partial charge in [-0.05, 0) is 51.3 Å². The molecule has 1 N–H and O–H groups in total. The van der Waals surface area contributed by atoms with E-state index >= 15 is 0 Å². The van der Waals surface area contributed by atoms with E-state index in [-0.39, 0.29) is 12.5 Å². The second kappa shape index (κ2) is 7.67. The number of hydrogen-bond acceptors (Lipinski definition) is 4. The van der Waals surface area contributed by atoms with Crippen molar-refractivity contribution in [2.24, 2.45) is 0 Å². The number of terminal acetylenes is 1. The van der Waals surface area contributed by atoms with E-state index in [0.717, 1.165) is 24.9 Å². The Morgan fingerprint density at radius 2 is 2.12 bits per heavy atom. The molecule has 1 aromatic heterocycles. The number of carbonyl (C=O) groups excluding carboxylic acids is 1. The zero-order chi connectivity index (χ0) is 16.9. The van der Waals surface area contributed by atoms with Crippen molar-refractivity contribution in [3.05, 3.63) is 23.9 Å². The number of piperidine rings is 1. The fourth-order valence-electron chi connectivity index (χ4n) is 3.87. The second-order valence-corrected chi connectivity index (χ2v) is 6.74. The van der Waals surface area contributed by atoms with E-state index in [0.29, 0.717) is 11.6 Å². The third-order valence-electron chi connectivity index (χ3n) is 5.22. The van der Waals surface area contributed by atoms with Crippen molar-refractivity contribution in [2.45, 2.75) is 44.7 Å². The smallest absolute Gasteiger partial charge is 0.253 e. The lowest BCUT2D eigenvalue weighted by atomic mass is 10.0. The highest BCUT2D eigenvalue weighted by molar-refractivity contribution is 5.94. The molecule has 0 aromatic carbocycles. The molecule has 24 heavy (non-hydrogen) atoms. The normalized spacial score (nSPS) is 22.3. The first-order valence-corrected chi connectivity index (χ1v) is 8.87. The molecule has 3 rings (SSSR count). The summed E-state index contributed by atoms with van der Waals surface area (Å²) in [6.45, 7) is 5.91. The summed E-state index contributed by atoms with van der Waals surface area (Å²) in [5.41, 5.74) is 0.551. The van der Waals surface area contributed by atoms with Gasteiger partial charge in [0.2, 0.25) is 0 Å². The molecule has 2 fully saturated rings. The third kappa shape index (κ3) is 3.70. The monoisotopic (exact) mass is 326 g/mol. The van der Waals surface area contributed by atoms with Crippen LogP contribution in [-0.2, 0) is 0 Å². The van der Waals surface area contributed by atoms with Gasteiger partial charge in [-0.2, -0.15) is 0 Å². The standard InChI is InChI=1S/C19H26N4O/c1-3-10-20-19(24)16-6-7-18(21-14-16)22-12-8-17(9-13-22)23-11-4-5-15(23)2/h1,6-7,14-15,17H,4-5,8-13H2,2H3,(H,20,24). The fraction of sp³-hybridized carbons (Fsp3) is 0.579. The van der Waals surface area contributed by atoms with Gasteiger partial charge in [-0.15, -0.1) is 6.42 Å². The summed E-state index contributed by atoms with van der Waals surface area (Å²) in [5.74, 6) is 3.18. The van der Waals surface area contributed by atoms with Gasteiger partial charge in [0.1, 0.15) is 5.82 Å². The summed E-state index contributed by atoms with van der Waals surface area (Å²) in [7, 11) is 0. The van der Waals surface area contributed by atoms with E-state index in [9.17, 15) is 4.79 Å². The van der Waals surface area contributed by atoms with Gasteiger partial charge in [0.15, 0.2) is 0 Å². The maximum absolute atomic E-state index is 11.8. The Labute approximate surface area is 144 Å². The first kappa shape index (κ1) is 16.8. The van der Waals surface area contributed by atoms with Crippen LogP contribution >= 0.6 is 0 Å². The predicted molar refractivity (Wildman–Crippen MR) is 96.0 cm³/mol. The number of nitrogens with zero attached hydrogens (tertiary/aromatic N) is 3. The molecule has 3 heterocycles. The van der Waals surface area contributed by atoms with Gasteiger partial charge in [-0.25, -0.2) is 4.98 Å². The molecule has 0 bridgehead atoms. The SMILES string of the molecule is C#CCNC(=O)c1ccc(N2CCC(N3CCCC3C)CC2)nc1. The van der Waals surface area contributed by atoms with Gasteiger partial charge < -0.3 is 10.2 Å². The van der Waals surface area contributed by atoms with Crippen molar-refractivity contribution >= 4 is 11.7 Å². The maximum Gasteiger partial charge on any atom is 0.253 e. The molecule has 2 aliphatic heterocycles. The van der Waals surface area contributed by atoms with Crippen LogP contribution in [0, 0.1) is 12.3 Å². The lowest BCUT2D eigenvalue weighted by Gasteiger charge is -2.39. The van der Waals surface area contributed by atoms with Crippen LogP contribution in [0.15, 0.2) is 18.3 Å². The average Bonchev–Trinajstić information content (AvgIpc) is 3.06. The Kier molecular flexibility index (Phi) is 5.37. The maximum atomic E-state index is 11.8. The van der Waals surface area contributed by atoms with Crippen LogP contribution in [0.5, 0.6) is 0 Å². The second-order valence-electron chi connectivity index (χ2n) is 6.74. The third-order valence-corrected chi connectivity index (χ3v) is 5.22. The van der Waals surface area contributed by atoms with E-state index in [1.165, 1.54) is 32.2 Å². The molecule has 128 valence electrons. The Morgan fingerprint density at radius 3 is 2.71 bits per heavy atom. The predicted octanol–water partition coefficient (Wildman–Crippen LogP) is 1.90. The quantitative estimate of drug-likeness (QED) is 0.859. The highest BCUT2D eigenvalue weighted by atomic mass is 16.1. The van der Waals surface area contributed by atoms with Crippen molar-refractivity contribution in [1.29, 1.82) is 0 Å². The van der Waals surface area contributed by atoms with Gasteiger partial charge in [0.25, 0.3) is 5.91 Å². The van der Waals surface area contributed by atoms with Crippen LogP contribution in [-0.4, -0.2) is 54.1 Å². The first-order chi connectivity index (χ1) is 11.7. The zero-order valence-corrected chi connectivity index (χ0v) is 14.4. The molecule has 0 radical (unpaired) electrons. The summed E-state index contributed by atoms with van der Waals surface area (Å²) in [6, 6.07) is 5.21. The molecular formula is C19H26N4O. The molecule has 5 heteroatoms. The average molecular weight is 326 g/mol. The minimum atomic E-state index is -0.172. The number of likely N-dealkylation sites (tertiary alicyclic amines) is 1. The summed E-state index contributed by atoms with van der Waals surface area (Å²) in [5, 5.41) is 2.65. The zero-order valence-electron chi connectivity index (χ0n) is 14.4. The highest BCUT2D eigenvalue weighted by Gasteiger charge is 2.30. The van der Waals surface area contributed by atoms with Gasteiger partial charge >= 0.3 is 0 Å². The van der Waals surface area contributed by atoms with Gasteiger partial charge in [0.05, 0.1) is 12.1 Å². The number of anilines is 1. The van der Waals surface area contributed by atoms with Crippen LogP contribution < -0.4 is 10.2 Å². The Balaban J connectivity index is 1.55. The Hall–Kier alpha value is -2.06. The van der Waals surface area contributed by atoms with Crippen LogP contribution in [0.2, 0.25) is 0 Å². The lowest BCUT2D eigenvalue weighted by molar-refractivity contribution is 0.0958. The molecule has 0 saturated carbocycles. The van der Waals surface area contributed by atoms with Crippen molar-refractivity contribution in [3.63, 3.8) is 0 Å². The van der Waals surface area contributed by atoms with Crippen LogP contribution in [0.25, 0.3) is 0 Å². The van der Waals surface area contributed by atoms with E-state index in [1.807, 2.05) is 12.1 Å². The number of carbonyl (C=O) groups is 1. The van der Waals surface area contributed by atoms with Gasteiger partial charge in [-0.3, -0.25) is 9.69 Å². The summed E-state index contributed by atoms with van der Waals surface area (Å²) < 4.78 is 0. The van der Waals surface area contributed by atoms with Crippen molar-refractivity contribution in [1.82, 2.24) is 15.2 Å². The summed E-state index contributed by atoms with van der Waals surface area (Å²) in [6.07, 6.45) is 11.8. The number of nitrogens with one attached hydrogen (secondary N) is 1. The molecule has 2 saturated heterocycles. The van der Waals surface area contributed by atoms with Crippen molar-refractivity contribution in [3.8, 4) is 12.3 Å². The van der Waals surface area contributed by atoms with Gasteiger partial charge in [0, 0.05) is 31.4 Å². The molecule has 1 aromatic rings. The Morgan fingerprint density at radius 1 is 1.33 bits per heavy atom. The van der Waals surface area contributed by atoms with Crippen LogP contribution in [0.1, 0.15) is 43.0 Å².